The number of hydrogen-bond acceptors (Lipinski definition) is 5. The first-order valence-electron chi connectivity index (χ1n) is 11.5. The van der Waals surface area contributed by atoms with Gasteiger partial charge >= 0.3 is 0 Å². The molecule has 6 heteroatoms. The molecule has 0 saturated carbocycles. The normalized spacial score (nSPS) is 15.8. The molecule has 1 amide bonds. The third-order valence-electron chi connectivity index (χ3n) is 5.12. The summed E-state index contributed by atoms with van der Waals surface area (Å²) in [5.74, 6) is 1.31. The van der Waals surface area contributed by atoms with Crippen LogP contribution >= 0.6 is 11.8 Å². The van der Waals surface area contributed by atoms with Gasteiger partial charge < -0.3 is 9.47 Å². The minimum absolute atomic E-state index is 0.0242. The number of hydrogen-bond donors (Lipinski definition) is 0. The summed E-state index contributed by atoms with van der Waals surface area (Å²) in [7, 11) is 0. The van der Waals surface area contributed by atoms with Gasteiger partial charge in [0.2, 0.25) is 0 Å². The molecule has 174 valence electrons. The van der Waals surface area contributed by atoms with Crippen LogP contribution in [0, 0.1) is 0 Å². The average molecular weight is 473 g/mol. The number of carbonyl (C=O) groups is 1. The van der Waals surface area contributed by atoms with Crippen LogP contribution < -0.4 is 9.47 Å². The van der Waals surface area contributed by atoms with E-state index in [1.54, 1.807) is 4.90 Å². The lowest BCUT2D eigenvalue weighted by atomic mass is 10.1. The number of amides is 1. The van der Waals surface area contributed by atoms with E-state index in [1.807, 2.05) is 91.9 Å². The van der Waals surface area contributed by atoms with Gasteiger partial charge in [0.05, 0.1) is 17.2 Å². The molecule has 1 heterocycles. The Hall–Kier alpha value is -3.51. The smallest absolute Gasteiger partial charge is 0.266 e. The van der Waals surface area contributed by atoms with Crippen molar-refractivity contribution in [3.8, 4) is 11.5 Å². The Morgan fingerprint density at radius 1 is 0.912 bits per heavy atom. The summed E-state index contributed by atoms with van der Waals surface area (Å²) in [6.45, 7) is 5.61. The fourth-order valence-electron chi connectivity index (χ4n) is 3.51. The average Bonchev–Trinajstić information content (AvgIpc) is 3.14. The molecule has 1 saturated heterocycles. The molecule has 1 aliphatic heterocycles. The summed E-state index contributed by atoms with van der Waals surface area (Å²) in [6, 6.07) is 25.5. The minimum Gasteiger partial charge on any atom is -0.490 e. The summed E-state index contributed by atoms with van der Waals surface area (Å²) >= 11 is 1.40. The number of amidine groups is 1. The standard InChI is InChI=1S/C28H28N2O3S/c1-3-17-30-27(31)26(34-28(30)29-23-13-9-6-10-14-23)19-22-15-16-24(25(18-22)32-4-2)33-20-21-11-7-5-8-12-21/h5-16,18-19H,3-4,17,20H2,1-2H3/b26-19+,29-28?. The van der Waals surface area contributed by atoms with Crippen LogP contribution in [0.15, 0.2) is 88.8 Å². The van der Waals surface area contributed by atoms with Crippen LogP contribution in [0.4, 0.5) is 5.69 Å². The van der Waals surface area contributed by atoms with Gasteiger partial charge in [-0.05, 0) is 66.6 Å². The maximum Gasteiger partial charge on any atom is 0.266 e. The molecule has 3 aromatic carbocycles. The zero-order valence-corrected chi connectivity index (χ0v) is 20.3. The van der Waals surface area contributed by atoms with Crippen LogP contribution in [0.5, 0.6) is 11.5 Å². The molecule has 0 atom stereocenters. The number of benzene rings is 3. The monoisotopic (exact) mass is 472 g/mol. The van der Waals surface area contributed by atoms with Crippen LogP contribution in [0.3, 0.4) is 0 Å². The second-order valence-corrected chi connectivity index (χ2v) is 8.72. The first-order chi connectivity index (χ1) is 16.7. The number of carbonyl (C=O) groups excluding carboxylic acids is 1. The van der Waals surface area contributed by atoms with E-state index in [0.29, 0.717) is 41.3 Å². The van der Waals surface area contributed by atoms with Gasteiger partial charge in [-0.15, -0.1) is 0 Å². The van der Waals surface area contributed by atoms with Crippen molar-refractivity contribution in [2.45, 2.75) is 26.9 Å². The molecule has 0 radical (unpaired) electrons. The summed E-state index contributed by atoms with van der Waals surface area (Å²) in [6.07, 6.45) is 2.75. The van der Waals surface area contributed by atoms with E-state index in [1.165, 1.54) is 11.8 Å². The summed E-state index contributed by atoms with van der Waals surface area (Å²) in [5, 5.41) is 0.706. The quantitative estimate of drug-likeness (QED) is 0.326. The largest absolute Gasteiger partial charge is 0.490 e. The fraction of sp³-hybridized carbons (Fsp3) is 0.214. The molecule has 1 aliphatic rings. The molecule has 34 heavy (non-hydrogen) atoms. The molecular weight excluding hydrogens is 444 g/mol. The van der Waals surface area contributed by atoms with Crippen molar-refractivity contribution in [2.75, 3.05) is 13.2 Å². The number of thioether (sulfide) groups is 1. The van der Waals surface area contributed by atoms with Gasteiger partial charge in [-0.3, -0.25) is 9.69 Å². The number of para-hydroxylation sites is 1. The predicted octanol–water partition coefficient (Wildman–Crippen LogP) is 6.68. The lowest BCUT2D eigenvalue weighted by Gasteiger charge is -2.14. The maximum absolute atomic E-state index is 13.1. The van der Waals surface area contributed by atoms with E-state index in [9.17, 15) is 4.79 Å². The van der Waals surface area contributed by atoms with Crippen LogP contribution in [0.2, 0.25) is 0 Å². The fourth-order valence-corrected chi connectivity index (χ4v) is 4.54. The van der Waals surface area contributed by atoms with E-state index in [4.69, 9.17) is 14.5 Å². The van der Waals surface area contributed by atoms with Crippen LogP contribution in [0.1, 0.15) is 31.4 Å². The molecule has 4 rings (SSSR count). The Labute approximate surface area is 205 Å². The van der Waals surface area contributed by atoms with E-state index in [2.05, 4.69) is 6.92 Å². The van der Waals surface area contributed by atoms with Gasteiger partial charge in [-0.1, -0.05) is 61.5 Å². The van der Waals surface area contributed by atoms with E-state index >= 15 is 0 Å². The zero-order chi connectivity index (χ0) is 23.8. The van der Waals surface area contributed by atoms with E-state index in [0.717, 1.165) is 23.2 Å². The summed E-state index contributed by atoms with van der Waals surface area (Å²) < 4.78 is 11.8. The second kappa shape index (κ2) is 11.6. The summed E-state index contributed by atoms with van der Waals surface area (Å²) in [5.41, 5.74) is 2.80. The van der Waals surface area contributed by atoms with Crippen molar-refractivity contribution in [3.05, 3.63) is 94.9 Å². The highest BCUT2D eigenvalue weighted by Crippen LogP contribution is 2.36. The molecule has 0 spiro atoms. The molecular formula is C28H28N2O3S. The van der Waals surface area contributed by atoms with Crippen molar-refractivity contribution >= 4 is 34.6 Å². The van der Waals surface area contributed by atoms with Gasteiger partial charge in [0.25, 0.3) is 5.91 Å². The highest BCUT2D eigenvalue weighted by atomic mass is 32.2. The Morgan fingerprint density at radius 3 is 2.35 bits per heavy atom. The van der Waals surface area contributed by atoms with Crippen molar-refractivity contribution < 1.29 is 14.3 Å². The van der Waals surface area contributed by atoms with Crippen molar-refractivity contribution in [1.82, 2.24) is 4.90 Å². The highest BCUT2D eigenvalue weighted by molar-refractivity contribution is 8.18. The second-order valence-electron chi connectivity index (χ2n) is 7.71. The maximum atomic E-state index is 13.1. The van der Waals surface area contributed by atoms with Crippen molar-refractivity contribution in [3.63, 3.8) is 0 Å². The number of nitrogens with zero attached hydrogens (tertiary/aromatic N) is 2. The summed E-state index contributed by atoms with van der Waals surface area (Å²) in [4.78, 5) is 20.2. The predicted molar refractivity (Wildman–Crippen MR) is 139 cm³/mol. The van der Waals surface area contributed by atoms with Crippen LogP contribution in [-0.4, -0.2) is 29.1 Å². The van der Waals surface area contributed by atoms with Gasteiger partial charge in [0.15, 0.2) is 16.7 Å². The number of rotatable bonds is 9. The first-order valence-corrected chi connectivity index (χ1v) is 12.3. The zero-order valence-electron chi connectivity index (χ0n) is 19.4. The number of aliphatic imine (C=N–C) groups is 1. The first kappa shape index (κ1) is 23.6. The third-order valence-corrected chi connectivity index (χ3v) is 6.13. The molecule has 0 aromatic heterocycles. The van der Waals surface area contributed by atoms with E-state index < -0.39 is 0 Å². The Bertz CT molecular complexity index is 1180. The van der Waals surface area contributed by atoms with Gasteiger partial charge in [0, 0.05) is 6.54 Å². The molecule has 0 unspecified atom stereocenters. The molecule has 0 bridgehead atoms. The van der Waals surface area contributed by atoms with E-state index in [-0.39, 0.29) is 5.91 Å². The molecule has 5 nitrogen and oxygen atoms in total. The topological polar surface area (TPSA) is 51.1 Å². The van der Waals surface area contributed by atoms with Gasteiger partial charge in [-0.2, -0.15) is 0 Å². The number of ether oxygens (including phenoxy) is 2. The third kappa shape index (κ3) is 5.88. The minimum atomic E-state index is -0.0242. The molecule has 0 aliphatic carbocycles. The molecule has 3 aromatic rings. The van der Waals surface area contributed by atoms with Crippen LogP contribution in [-0.2, 0) is 11.4 Å². The lowest BCUT2D eigenvalue weighted by Crippen LogP contribution is -2.29. The van der Waals surface area contributed by atoms with Crippen LogP contribution in [0.25, 0.3) is 6.08 Å². The molecule has 1 fully saturated rings. The van der Waals surface area contributed by atoms with Crippen molar-refractivity contribution in [2.24, 2.45) is 4.99 Å². The Morgan fingerprint density at radius 2 is 1.65 bits per heavy atom. The molecule has 0 N–H and O–H groups in total. The van der Waals surface area contributed by atoms with Crippen molar-refractivity contribution in [1.29, 1.82) is 0 Å². The SMILES string of the molecule is CCCN1C(=O)/C(=C\c2ccc(OCc3ccccc3)c(OCC)c2)SC1=Nc1ccccc1. The Kier molecular flexibility index (Phi) is 8.04. The lowest BCUT2D eigenvalue weighted by molar-refractivity contribution is -0.122. The Balaban J connectivity index is 1.57. The van der Waals surface area contributed by atoms with Gasteiger partial charge in [0.1, 0.15) is 6.61 Å². The highest BCUT2D eigenvalue weighted by Gasteiger charge is 2.32. The van der Waals surface area contributed by atoms with Gasteiger partial charge in [-0.25, -0.2) is 4.99 Å².